The van der Waals surface area contributed by atoms with Crippen molar-refractivity contribution >= 4 is 175 Å². The quantitative estimate of drug-likeness (QED) is 0.0421. The van der Waals surface area contributed by atoms with Gasteiger partial charge in [-0.05, 0) is 118 Å². The third-order valence-corrected chi connectivity index (χ3v) is 27.3. The van der Waals surface area contributed by atoms with Gasteiger partial charge in [0.25, 0.3) is 0 Å². The highest BCUT2D eigenvalue weighted by Gasteiger charge is 2.32. The molecule has 0 N–H and O–H groups in total. The third-order valence-electron chi connectivity index (χ3n) is 16.0. The van der Waals surface area contributed by atoms with Gasteiger partial charge in [0.2, 0.25) is 0 Å². The molecule has 0 aliphatic carbocycles. The maximum Gasteiger partial charge on any atom is 0.351 e. The summed E-state index contributed by atoms with van der Waals surface area (Å²) in [5, 5.41) is 3.14. The number of carbonyl (C=O) groups is 2. The molecule has 4 unspecified atom stereocenters. The van der Waals surface area contributed by atoms with Gasteiger partial charge in [-0.1, -0.05) is 145 Å². The Bertz CT molecular complexity index is 3280. The van der Waals surface area contributed by atoms with Crippen molar-refractivity contribution in [2.75, 3.05) is 13.2 Å². The lowest BCUT2D eigenvalue weighted by molar-refractivity contribution is 0.0420. The highest BCUT2D eigenvalue weighted by Crippen LogP contribution is 2.58. The van der Waals surface area contributed by atoms with Crippen molar-refractivity contribution in [1.82, 2.24) is 0 Å². The number of benzene rings is 1. The van der Waals surface area contributed by atoms with Crippen LogP contribution in [0.1, 0.15) is 187 Å². The molecular formula is C64H74Br2F2O4S8. The summed E-state index contributed by atoms with van der Waals surface area (Å²) in [5.74, 6) is -0.539. The maximum atomic E-state index is 16.7. The predicted octanol–water partition coefficient (Wildman–Crippen LogP) is 25.5. The number of ether oxygens (including phenoxy) is 2. The second-order valence-corrected chi connectivity index (χ2v) is 32.7. The number of esters is 2. The van der Waals surface area contributed by atoms with Gasteiger partial charge in [0.15, 0.2) is 11.6 Å². The average Bonchev–Trinajstić information content (AvgIpc) is 4.37. The highest BCUT2D eigenvalue weighted by atomic mass is 79.9. The van der Waals surface area contributed by atoms with Crippen molar-refractivity contribution in [1.29, 1.82) is 0 Å². The lowest BCUT2D eigenvalue weighted by Crippen LogP contribution is -2.14. The van der Waals surface area contributed by atoms with Gasteiger partial charge in [-0.3, -0.25) is 0 Å². The topological polar surface area (TPSA) is 52.6 Å². The molecule has 0 radical (unpaired) electrons. The first-order valence-electron chi connectivity index (χ1n) is 29.2. The molecule has 4 atom stereocenters. The van der Waals surface area contributed by atoms with Crippen LogP contribution in [0.25, 0.3) is 80.7 Å². The molecule has 0 saturated carbocycles. The van der Waals surface area contributed by atoms with E-state index in [4.69, 9.17) is 9.47 Å². The molecule has 430 valence electrons. The van der Waals surface area contributed by atoms with Crippen LogP contribution in [0.5, 0.6) is 0 Å². The fourth-order valence-electron chi connectivity index (χ4n) is 11.0. The number of rotatable bonds is 30. The Labute approximate surface area is 521 Å². The van der Waals surface area contributed by atoms with Gasteiger partial charge < -0.3 is 9.47 Å². The minimum Gasteiger partial charge on any atom is -0.461 e. The van der Waals surface area contributed by atoms with Crippen LogP contribution in [0.15, 0.2) is 44.0 Å². The van der Waals surface area contributed by atoms with E-state index in [0.717, 1.165) is 126 Å². The molecular weight excluding hydrogens is 1290 g/mol. The third kappa shape index (κ3) is 13.3. The lowest BCUT2D eigenvalue weighted by atomic mass is 9.95. The zero-order valence-corrected chi connectivity index (χ0v) is 57.0. The van der Waals surface area contributed by atoms with Crippen molar-refractivity contribution in [3.05, 3.63) is 75.1 Å². The van der Waals surface area contributed by atoms with Crippen molar-refractivity contribution in [2.24, 2.45) is 23.7 Å². The second-order valence-electron chi connectivity index (χ2n) is 21.6. The van der Waals surface area contributed by atoms with Crippen LogP contribution < -0.4 is 0 Å². The zero-order valence-electron chi connectivity index (χ0n) is 47.3. The van der Waals surface area contributed by atoms with Crippen LogP contribution >= 0.6 is 123 Å². The first-order chi connectivity index (χ1) is 38.8. The van der Waals surface area contributed by atoms with Gasteiger partial charge >= 0.3 is 11.9 Å². The fourth-order valence-corrected chi connectivity index (χ4v) is 22.8. The van der Waals surface area contributed by atoms with E-state index in [0.29, 0.717) is 30.2 Å². The van der Waals surface area contributed by atoms with Crippen LogP contribution in [-0.2, 0) is 22.3 Å². The van der Waals surface area contributed by atoms with Crippen molar-refractivity contribution in [2.45, 2.75) is 171 Å². The molecule has 0 fully saturated rings. The molecule has 0 aliphatic rings. The summed E-state index contributed by atoms with van der Waals surface area (Å²) in [5.41, 5.74) is 2.34. The van der Waals surface area contributed by atoms with E-state index in [2.05, 4.69) is 124 Å². The van der Waals surface area contributed by atoms with Gasteiger partial charge in [0.05, 0.1) is 50.7 Å². The smallest absolute Gasteiger partial charge is 0.351 e. The normalized spacial score (nSPS) is 13.7. The Morgan fingerprint density at radius 3 is 1.18 bits per heavy atom. The van der Waals surface area contributed by atoms with Crippen LogP contribution in [0.2, 0.25) is 0 Å². The summed E-state index contributed by atoms with van der Waals surface area (Å²) in [7, 11) is 0. The number of thiophene rings is 8. The Morgan fingerprint density at radius 2 is 0.825 bits per heavy atom. The summed E-state index contributed by atoms with van der Waals surface area (Å²) < 4.78 is 50.2. The van der Waals surface area contributed by atoms with E-state index in [-0.39, 0.29) is 34.8 Å². The highest BCUT2D eigenvalue weighted by molar-refractivity contribution is 9.11. The molecule has 8 heterocycles. The van der Waals surface area contributed by atoms with Crippen LogP contribution in [0.4, 0.5) is 8.78 Å². The molecule has 9 rings (SSSR count). The number of carbonyl (C=O) groups excluding carboxylic acids is 2. The molecule has 0 bridgehead atoms. The van der Waals surface area contributed by atoms with Gasteiger partial charge in [0, 0.05) is 60.6 Å². The molecule has 16 heteroatoms. The molecule has 4 nitrogen and oxygen atoms in total. The van der Waals surface area contributed by atoms with Gasteiger partial charge in [-0.15, -0.1) is 90.7 Å². The van der Waals surface area contributed by atoms with Gasteiger partial charge in [-0.25, -0.2) is 18.4 Å². The van der Waals surface area contributed by atoms with E-state index in [1.807, 2.05) is 22.7 Å². The van der Waals surface area contributed by atoms with Crippen LogP contribution in [0, 0.1) is 35.3 Å². The zero-order chi connectivity index (χ0) is 56.8. The first kappa shape index (κ1) is 62.2. The predicted molar refractivity (Wildman–Crippen MR) is 358 cm³/mol. The van der Waals surface area contributed by atoms with Crippen LogP contribution in [0.3, 0.4) is 0 Å². The summed E-state index contributed by atoms with van der Waals surface area (Å²) in [4.78, 5) is 36.6. The van der Waals surface area contributed by atoms with E-state index in [9.17, 15) is 9.59 Å². The summed E-state index contributed by atoms with van der Waals surface area (Å²) >= 11 is 20.2. The monoisotopic (exact) mass is 1360 g/mol. The molecule has 1 aromatic carbocycles. The Balaban J connectivity index is 1.24. The molecule has 0 saturated heterocycles. The number of fused-ring (bicyclic) bond motifs is 4. The standard InChI is InChI=1S/C64H74Br2F2O4S8/c1-9-17-21-35(13-5)29-39-25-27-43(73-39)47-41-31-45(55-57-49(61(65)79-55)51(67)59(77-57)63(69)71-33-37(15-7)23-19-11-3)76-54(41)48(44-28-26-40(74-44)30-36(14-6)22-18-10-2)42-32-46(75-53(42)47)56-58-50(62(66)80-56)52(68)60(78-58)64(70)72-34-38(16-8)24-20-12-4/h25-28,31-32,35-38H,9-24,29-30,33-34H2,1-8H3. The van der Waals surface area contributed by atoms with E-state index >= 15 is 8.78 Å². The molecule has 0 aliphatic heterocycles. The first-order valence-corrected chi connectivity index (χ1v) is 37.3. The lowest BCUT2D eigenvalue weighted by Gasteiger charge is -2.14. The van der Waals surface area contributed by atoms with Gasteiger partial charge in [-0.2, -0.15) is 0 Å². The maximum absolute atomic E-state index is 16.7. The molecule has 80 heavy (non-hydrogen) atoms. The Kier molecular flexibility index (Phi) is 22.3. The number of halogens is 4. The van der Waals surface area contributed by atoms with Crippen molar-refractivity contribution in [3.63, 3.8) is 0 Å². The Morgan fingerprint density at radius 1 is 0.463 bits per heavy atom. The van der Waals surface area contributed by atoms with E-state index in [1.54, 1.807) is 22.7 Å². The van der Waals surface area contributed by atoms with Crippen molar-refractivity contribution in [3.8, 4) is 40.4 Å². The van der Waals surface area contributed by atoms with Crippen molar-refractivity contribution < 1.29 is 27.8 Å². The van der Waals surface area contributed by atoms with Gasteiger partial charge in [0.1, 0.15) is 9.75 Å². The largest absolute Gasteiger partial charge is 0.461 e. The van der Waals surface area contributed by atoms with E-state index in [1.165, 1.54) is 115 Å². The van der Waals surface area contributed by atoms with E-state index < -0.39 is 23.6 Å². The molecule has 0 spiro atoms. The number of unbranched alkanes of at least 4 members (excludes halogenated alkanes) is 4. The Hall–Kier alpha value is -2.38. The summed E-state index contributed by atoms with van der Waals surface area (Å²) in [6.07, 6.45) is 19.6. The molecule has 0 amide bonds. The molecule has 9 aromatic rings. The minimum absolute atomic E-state index is 0.0213. The minimum atomic E-state index is -0.597. The fraction of sp³-hybridized carbons (Fsp3) is 0.500. The average molecular weight is 1360 g/mol. The summed E-state index contributed by atoms with van der Waals surface area (Å²) in [6, 6.07) is 13.9. The number of hydrogen-bond donors (Lipinski definition) is 0. The summed E-state index contributed by atoms with van der Waals surface area (Å²) in [6.45, 7) is 18.3. The molecule has 8 aromatic heterocycles. The number of hydrogen-bond acceptors (Lipinski definition) is 12. The SMILES string of the molecule is CCCCC(CC)COC(=O)c1sc2c(-c3cc4c(-c5ccc(CC(CC)CCCC)s5)c5sc(-c6sc(Br)c7c(F)c(C(=O)OCC(CC)CCCC)sc67)cc5c(-c5ccc(CC(CC)CCCC)s5)c4s3)sc(Br)c2c1F. The van der Waals surface area contributed by atoms with Crippen LogP contribution in [-0.4, -0.2) is 25.2 Å². The second kappa shape index (κ2) is 28.7.